The highest BCUT2D eigenvalue weighted by Gasteiger charge is 2.29. The van der Waals surface area contributed by atoms with E-state index in [4.69, 9.17) is 14.2 Å². The number of hydrogen-bond acceptors (Lipinski definition) is 8. The van der Waals surface area contributed by atoms with Gasteiger partial charge in [-0.3, -0.25) is 14.9 Å². The van der Waals surface area contributed by atoms with Crippen molar-refractivity contribution in [3.63, 3.8) is 0 Å². The third kappa shape index (κ3) is 5.72. The summed E-state index contributed by atoms with van der Waals surface area (Å²) in [5.41, 5.74) is 0.296. The second-order valence-electron chi connectivity index (χ2n) is 6.82. The SMILES string of the molecule is COc1ccc(CNC(=O)COc2ccc(S(=O)(=O)N3CCOCC3)cc2[N+](=O)[O-])cc1. The van der Waals surface area contributed by atoms with Gasteiger partial charge in [0.2, 0.25) is 10.0 Å². The van der Waals surface area contributed by atoms with Gasteiger partial charge in [-0.05, 0) is 29.8 Å². The Labute approximate surface area is 185 Å². The Morgan fingerprint density at radius 3 is 2.50 bits per heavy atom. The van der Waals surface area contributed by atoms with Gasteiger partial charge >= 0.3 is 5.69 Å². The summed E-state index contributed by atoms with van der Waals surface area (Å²) in [5, 5.41) is 14.1. The van der Waals surface area contributed by atoms with Crippen LogP contribution in [0.15, 0.2) is 47.4 Å². The fourth-order valence-electron chi connectivity index (χ4n) is 3.00. The first kappa shape index (κ1) is 23.4. The van der Waals surface area contributed by atoms with E-state index in [1.807, 2.05) is 0 Å². The molecular weight excluding hydrogens is 442 g/mol. The number of ether oxygens (including phenoxy) is 3. The van der Waals surface area contributed by atoms with Gasteiger partial charge in [0.15, 0.2) is 12.4 Å². The molecule has 1 aliphatic heterocycles. The van der Waals surface area contributed by atoms with E-state index in [1.165, 1.54) is 16.4 Å². The molecule has 0 unspecified atom stereocenters. The van der Waals surface area contributed by atoms with Crippen molar-refractivity contribution >= 4 is 21.6 Å². The van der Waals surface area contributed by atoms with Crippen LogP contribution < -0.4 is 14.8 Å². The van der Waals surface area contributed by atoms with E-state index >= 15 is 0 Å². The Balaban J connectivity index is 1.64. The van der Waals surface area contributed by atoms with Gasteiger partial charge < -0.3 is 19.5 Å². The molecule has 2 aromatic rings. The molecule has 172 valence electrons. The molecule has 0 spiro atoms. The number of sulfonamides is 1. The first-order valence-electron chi connectivity index (χ1n) is 9.70. The third-order valence-corrected chi connectivity index (χ3v) is 6.64. The fourth-order valence-corrected chi connectivity index (χ4v) is 4.43. The smallest absolute Gasteiger partial charge is 0.312 e. The maximum absolute atomic E-state index is 12.7. The molecule has 1 N–H and O–H groups in total. The molecule has 2 aromatic carbocycles. The summed E-state index contributed by atoms with van der Waals surface area (Å²) >= 11 is 0. The lowest BCUT2D eigenvalue weighted by atomic mass is 10.2. The fraction of sp³-hybridized carbons (Fsp3) is 0.350. The molecule has 1 heterocycles. The minimum Gasteiger partial charge on any atom is -0.497 e. The van der Waals surface area contributed by atoms with E-state index in [2.05, 4.69) is 5.32 Å². The van der Waals surface area contributed by atoms with E-state index in [-0.39, 0.29) is 43.5 Å². The summed E-state index contributed by atoms with van der Waals surface area (Å²) in [4.78, 5) is 22.6. The number of nitrogens with one attached hydrogen (secondary N) is 1. The number of nitro benzene ring substituents is 1. The molecule has 0 saturated carbocycles. The van der Waals surface area contributed by atoms with Gasteiger partial charge in [-0.15, -0.1) is 0 Å². The van der Waals surface area contributed by atoms with E-state index in [9.17, 15) is 23.3 Å². The van der Waals surface area contributed by atoms with E-state index < -0.39 is 33.1 Å². The minimum atomic E-state index is -3.91. The van der Waals surface area contributed by atoms with Crippen molar-refractivity contribution in [2.24, 2.45) is 0 Å². The minimum absolute atomic E-state index is 0.169. The lowest BCUT2D eigenvalue weighted by molar-refractivity contribution is -0.386. The Bertz CT molecular complexity index is 1070. The molecule has 0 radical (unpaired) electrons. The number of rotatable bonds is 9. The average Bonchev–Trinajstić information content (AvgIpc) is 2.82. The zero-order chi connectivity index (χ0) is 23.1. The molecule has 0 aliphatic carbocycles. The maximum Gasteiger partial charge on any atom is 0.312 e. The molecule has 3 rings (SSSR count). The summed E-state index contributed by atoms with van der Waals surface area (Å²) in [6, 6.07) is 10.4. The van der Waals surface area contributed by atoms with Crippen LogP contribution >= 0.6 is 0 Å². The number of benzene rings is 2. The van der Waals surface area contributed by atoms with Gasteiger partial charge in [0.05, 0.1) is 30.1 Å². The molecule has 0 aromatic heterocycles. The molecule has 0 atom stereocenters. The van der Waals surface area contributed by atoms with E-state index in [0.717, 1.165) is 11.6 Å². The van der Waals surface area contributed by atoms with Gasteiger partial charge in [-0.2, -0.15) is 4.31 Å². The number of nitrogens with zero attached hydrogens (tertiary/aromatic N) is 2. The van der Waals surface area contributed by atoms with Crippen molar-refractivity contribution in [2.75, 3.05) is 40.0 Å². The summed E-state index contributed by atoms with van der Waals surface area (Å²) in [7, 11) is -2.35. The first-order valence-corrected chi connectivity index (χ1v) is 11.1. The number of morpholine rings is 1. The zero-order valence-corrected chi connectivity index (χ0v) is 18.2. The molecule has 1 fully saturated rings. The van der Waals surface area contributed by atoms with Crippen LogP contribution in [0.4, 0.5) is 5.69 Å². The van der Waals surface area contributed by atoms with Gasteiger partial charge in [-0.25, -0.2) is 8.42 Å². The molecule has 0 bridgehead atoms. The quantitative estimate of drug-likeness (QED) is 0.432. The summed E-state index contributed by atoms with van der Waals surface area (Å²) in [6.45, 7) is 0.630. The highest BCUT2D eigenvalue weighted by atomic mass is 32.2. The monoisotopic (exact) mass is 465 g/mol. The molecular formula is C20H23N3O8S. The summed E-state index contributed by atoms with van der Waals surface area (Å²) in [5.74, 6) is 0.00505. The summed E-state index contributed by atoms with van der Waals surface area (Å²) < 4.78 is 42.2. The van der Waals surface area contributed by atoms with Crippen LogP contribution in [0, 0.1) is 10.1 Å². The Morgan fingerprint density at radius 2 is 1.88 bits per heavy atom. The van der Waals surface area contributed by atoms with Crippen LogP contribution in [-0.4, -0.2) is 63.6 Å². The van der Waals surface area contributed by atoms with Gasteiger partial charge in [0.25, 0.3) is 5.91 Å². The number of nitro groups is 1. The largest absolute Gasteiger partial charge is 0.497 e. The maximum atomic E-state index is 12.7. The van der Waals surface area contributed by atoms with Gasteiger partial charge in [0, 0.05) is 25.7 Å². The molecule has 1 aliphatic rings. The normalized spacial score (nSPS) is 14.5. The van der Waals surface area contributed by atoms with Crippen LogP contribution in [0.3, 0.4) is 0 Å². The van der Waals surface area contributed by atoms with Crippen molar-refractivity contribution in [3.8, 4) is 11.5 Å². The van der Waals surface area contributed by atoms with Crippen LogP contribution in [0.1, 0.15) is 5.56 Å². The Morgan fingerprint density at radius 1 is 1.19 bits per heavy atom. The predicted molar refractivity (Wildman–Crippen MR) is 113 cm³/mol. The van der Waals surface area contributed by atoms with Crippen LogP contribution in [-0.2, 0) is 26.1 Å². The number of methoxy groups -OCH3 is 1. The van der Waals surface area contributed by atoms with Crippen molar-refractivity contribution in [2.45, 2.75) is 11.4 Å². The predicted octanol–water partition coefficient (Wildman–Crippen LogP) is 1.32. The average molecular weight is 465 g/mol. The topological polar surface area (TPSA) is 137 Å². The Kier molecular flexibility index (Phi) is 7.62. The first-order chi connectivity index (χ1) is 15.3. The van der Waals surface area contributed by atoms with Gasteiger partial charge in [-0.1, -0.05) is 12.1 Å². The lowest BCUT2D eigenvalue weighted by Crippen LogP contribution is -2.40. The number of carbonyl (C=O) groups is 1. The molecule has 11 nitrogen and oxygen atoms in total. The van der Waals surface area contributed by atoms with Crippen LogP contribution in [0.2, 0.25) is 0 Å². The molecule has 32 heavy (non-hydrogen) atoms. The van der Waals surface area contributed by atoms with Gasteiger partial charge in [0.1, 0.15) is 5.75 Å². The van der Waals surface area contributed by atoms with Crippen LogP contribution in [0.25, 0.3) is 0 Å². The van der Waals surface area contributed by atoms with E-state index in [0.29, 0.717) is 5.75 Å². The highest BCUT2D eigenvalue weighted by Crippen LogP contribution is 2.31. The second-order valence-corrected chi connectivity index (χ2v) is 8.75. The second kappa shape index (κ2) is 10.4. The van der Waals surface area contributed by atoms with E-state index in [1.54, 1.807) is 31.4 Å². The Hall–Kier alpha value is -3.22. The number of carbonyl (C=O) groups excluding carboxylic acids is 1. The van der Waals surface area contributed by atoms with Crippen molar-refractivity contribution in [1.29, 1.82) is 0 Å². The lowest BCUT2D eigenvalue weighted by Gasteiger charge is -2.26. The van der Waals surface area contributed by atoms with Crippen molar-refractivity contribution in [1.82, 2.24) is 9.62 Å². The highest BCUT2D eigenvalue weighted by molar-refractivity contribution is 7.89. The standard InChI is InChI=1S/C20H23N3O8S/c1-29-16-4-2-15(3-5-16)13-21-20(24)14-31-19-7-6-17(12-18(19)23(25)26)32(27,28)22-8-10-30-11-9-22/h2-7,12H,8-11,13-14H2,1H3,(H,21,24). The van der Waals surface area contributed by atoms with Crippen molar-refractivity contribution in [3.05, 3.63) is 58.1 Å². The number of amides is 1. The summed E-state index contributed by atoms with van der Waals surface area (Å²) in [6.07, 6.45) is 0. The third-order valence-electron chi connectivity index (χ3n) is 4.74. The van der Waals surface area contributed by atoms with Crippen LogP contribution in [0.5, 0.6) is 11.5 Å². The molecule has 1 saturated heterocycles. The van der Waals surface area contributed by atoms with Crippen molar-refractivity contribution < 1.29 is 32.3 Å². The molecule has 12 heteroatoms. The zero-order valence-electron chi connectivity index (χ0n) is 17.4. The molecule has 1 amide bonds. The number of hydrogen-bond donors (Lipinski definition) is 1.